The number of anilines is 1. The molecule has 1 amide bonds. The summed E-state index contributed by atoms with van der Waals surface area (Å²) in [6.45, 7) is 1.11. The number of fused-ring (bicyclic) bond motifs is 2. The Balaban J connectivity index is 1.52. The first-order chi connectivity index (χ1) is 15.1. The number of aromatic nitrogens is 4. The van der Waals surface area contributed by atoms with Crippen LogP contribution < -0.4 is 14.8 Å². The predicted octanol–water partition coefficient (Wildman–Crippen LogP) is 3.76. The van der Waals surface area contributed by atoms with Crippen LogP contribution in [0.4, 0.5) is 5.69 Å². The number of imidazole rings is 1. The van der Waals surface area contributed by atoms with E-state index in [0.29, 0.717) is 35.9 Å². The number of hydrogen-bond acceptors (Lipinski definition) is 6. The standard InChI is InChI=1S/C22H18BrN5O3/c1-30-18-9-15-16(10-19(18)31-7-6-28-5-4-24-12-28)25-11-26-21(15)20-14-3-2-13(23)8-17(14)27-22(20)29/h2-5,8-12,20H,6-7H2,1H3,(H,27,29). The van der Waals surface area contributed by atoms with Crippen LogP contribution in [-0.4, -0.2) is 39.1 Å². The van der Waals surface area contributed by atoms with Gasteiger partial charge in [-0.25, -0.2) is 15.0 Å². The second-order valence-corrected chi connectivity index (χ2v) is 8.00. The summed E-state index contributed by atoms with van der Waals surface area (Å²) in [6.07, 6.45) is 6.82. The van der Waals surface area contributed by atoms with Crippen molar-refractivity contribution in [1.82, 2.24) is 19.5 Å². The molecule has 8 nitrogen and oxygen atoms in total. The lowest BCUT2D eigenvalue weighted by Gasteiger charge is -2.15. The first-order valence-electron chi connectivity index (χ1n) is 9.65. The average Bonchev–Trinajstić information content (AvgIpc) is 3.39. The third-order valence-electron chi connectivity index (χ3n) is 5.24. The summed E-state index contributed by atoms with van der Waals surface area (Å²) < 4.78 is 14.3. The van der Waals surface area contributed by atoms with Gasteiger partial charge in [0.05, 0.1) is 31.2 Å². The maximum absolute atomic E-state index is 12.8. The summed E-state index contributed by atoms with van der Waals surface area (Å²) in [5.41, 5.74) is 2.98. The Bertz CT molecular complexity index is 1280. The van der Waals surface area contributed by atoms with Crippen LogP contribution in [0.3, 0.4) is 0 Å². The van der Waals surface area contributed by atoms with Crippen LogP contribution in [0.2, 0.25) is 0 Å². The van der Waals surface area contributed by atoms with Gasteiger partial charge in [0, 0.05) is 34.0 Å². The van der Waals surface area contributed by atoms with E-state index in [0.717, 1.165) is 21.1 Å². The molecule has 0 fully saturated rings. The Kier molecular flexibility index (Phi) is 5.03. The Morgan fingerprint density at radius 3 is 2.90 bits per heavy atom. The van der Waals surface area contributed by atoms with Gasteiger partial charge >= 0.3 is 0 Å². The summed E-state index contributed by atoms with van der Waals surface area (Å²) in [4.78, 5) is 25.7. The highest BCUT2D eigenvalue weighted by Gasteiger charge is 2.34. The van der Waals surface area contributed by atoms with Crippen molar-refractivity contribution in [2.24, 2.45) is 0 Å². The van der Waals surface area contributed by atoms with Gasteiger partial charge < -0.3 is 19.4 Å². The van der Waals surface area contributed by atoms with Crippen molar-refractivity contribution in [3.05, 3.63) is 71.1 Å². The largest absolute Gasteiger partial charge is 0.493 e. The molecule has 5 rings (SSSR count). The summed E-state index contributed by atoms with van der Waals surface area (Å²) in [5.74, 6) is 0.502. The third-order valence-corrected chi connectivity index (χ3v) is 5.73. The Morgan fingerprint density at radius 2 is 2.10 bits per heavy atom. The summed E-state index contributed by atoms with van der Waals surface area (Å²) in [7, 11) is 1.59. The normalized spacial score (nSPS) is 15.0. The lowest BCUT2D eigenvalue weighted by Crippen LogP contribution is -2.15. The minimum absolute atomic E-state index is 0.118. The minimum Gasteiger partial charge on any atom is -0.493 e. The SMILES string of the molecule is COc1cc2c(C3C(=O)Nc4cc(Br)ccc43)ncnc2cc1OCCn1ccnc1. The molecule has 3 heterocycles. The van der Waals surface area contributed by atoms with Gasteiger partial charge in [-0.3, -0.25) is 4.79 Å². The number of benzene rings is 2. The second kappa shape index (κ2) is 7.99. The van der Waals surface area contributed by atoms with Gasteiger partial charge in [-0.2, -0.15) is 0 Å². The fourth-order valence-corrected chi connectivity index (χ4v) is 4.13. The van der Waals surface area contributed by atoms with E-state index in [2.05, 4.69) is 36.2 Å². The molecule has 2 aromatic carbocycles. The molecule has 0 spiro atoms. The molecule has 0 bridgehead atoms. The van der Waals surface area contributed by atoms with Crippen molar-refractivity contribution in [1.29, 1.82) is 0 Å². The number of carbonyl (C=O) groups excluding carboxylic acids is 1. The molecule has 9 heteroatoms. The van der Waals surface area contributed by atoms with Gasteiger partial charge in [-0.05, 0) is 23.8 Å². The maximum Gasteiger partial charge on any atom is 0.238 e. The quantitative estimate of drug-likeness (QED) is 0.452. The molecule has 0 saturated heterocycles. The summed E-state index contributed by atoms with van der Waals surface area (Å²) in [5, 5.41) is 3.69. The van der Waals surface area contributed by atoms with Crippen LogP contribution in [0, 0.1) is 0 Å². The Morgan fingerprint density at radius 1 is 1.19 bits per heavy atom. The number of hydrogen-bond donors (Lipinski definition) is 1. The molecule has 0 radical (unpaired) electrons. The number of carbonyl (C=O) groups is 1. The van der Waals surface area contributed by atoms with Crippen molar-refractivity contribution >= 4 is 38.4 Å². The van der Waals surface area contributed by atoms with E-state index in [9.17, 15) is 4.79 Å². The molecular weight excluding hydrogens is 462 g/mol. The van der Waals surface area contributed by atoms with E-state index in [4.69, 9.17) is 9.47 Å². The highest BCUT2D eigenvalue weighted by atomic mass is 79.9. The second-order valence-electron chi connectivity index (χ2n) is 7.08. The van der Waals surface area contributed by atoms with Gasteiger partial charge in [0.15, 0.2) is 11.5 Å². The number of halogens is 1. The fourth-order valence-electron chi connectivity index (χ4n) is 3.77. The van der Waals surface area contributed by atoms with Crippen molar-refractivity contribution < 1.29 is 14.3 Å². The van der Waals surface area contributed by atoms with Crippen molar-refractivity contribution in [3.8, 4) is 11.5 Å². The van der Waals surface area contributed by atoms with E-state index in [1.165, 1.54) is 6.33 Å². The maximum atomic E-state index is 12.8. The molecule has 156 valence electrons. The predicted molar refractivity (Wildman–Crippen MR) is 118 cm³/mol. The van der Waals surface area contributed by atoms with Crippen molar-refractivity contribution in [3.63, 3.8) is 0 Å². The number of nitrogens with zero attached hydrogens (tertiary/aromatic N) is 4. The molecule has 4 aromatic rings. The number of nitrogens with one attached hydrogen (secondary N) is 1. The van der Waals surface area contributed by atoms with Crippen molar-refractivity contribution in [2.45, 2.75) is 12.5 Å². The lowest BCUT2D eigenvalue weighted by molar-refractivity contribution is -0.116. The van der Waals surface area contributed by atoms with Crippen LogP contribution >= 0.6 is 15.9 Å². The molecule has 1 aliphatic heterocycles. The third kappa shape index (κ3) is 3.61. The van der Waals surface area contributed by atoms with Crippen LogP contribution in [0.5, 0.6) is 11.5 Å². The Labute approximate surface area is 186 Å². The molecule has 0 saturated carbocycles. The van der Waals surface area contributed by atoms with E-state index in [-0.39, 0.29) is 5.91 Å². The zero-order valence-corrected chi connectivity index (χ0v) is 18.2. The number of amides is 1. The monoisotopic (exact) mass is 479 g/mol. The molecule has 1 unspecified atom stereocenters. The fraction of sp³-hybridized carbons (Fsp3) is 0.182. The first kappa shape index (κ1) is 19.5. The minimum atomic E-state index is -0.522. The molecular formula is C22H18BrN5O3. The highest BCUT2D eigenvalue weighted by Crippen LogP contribution is 2.41. The van der Waals surface area contributed by atoms with E-state index >= 15 is 0 Å². The summed E-state index contributed by atoms with van der Waals surface area (Å²) in [6, 6.07) is 9.40. The van der Waals surface area contributed by atoms with Crippen LogP contribution in [0.25, 0.3) is 10.9 Å². The highest BCUT2D eigenvalue weighted by molar-refractivity contribution is 9.10. The summed E-state index contributed by atoms with van der Waals surface area (Å²) >= 11 is 3.45. The number of rotatable bonds is 6. The van der Waals surface area contributed by atoms with Crippen molar-refractivity contribution in [2.75, 3.05) is 19.0 Å². The molecule has 1 aliphatic rings. The van der Waals surface area contributed by atoms with Gasteiger partial charge in [0.1, 0.15) is 18.9 Å². The van der Waals surface area contributed by atoms with Gasteiger partial charge in [-0.15, -0.1) is 0 Å². The van der Waals surface area contributed by atoms with Crippen LogP contribution in [-0.2, 0) is 11.3 Å². The Hall–Kier alpha value is -3.46. The van der Waals surface area contributed by atoms with E-state index in [1.54, 1.807) is 19.6 Å². The molecule has 1 N–H and O–H groups in total. The van der Waals surface area contributed by atoms with Crippen LogP contribution in [0.1, 0.15) is 17.2 Å². The van der Waals surface area contributed by atoms with Crippen LogP contribution in [0.15, 0.2) is 59.9 Å². The number of ether oxygens (including phenoxy) is 2. The van der Waals surface area contributed by atoms with E-state index in [1.807, 2.05) is 41.1 Å². The van der Waals surface area contributed by atoms with Gasteiger partial charge in [-0.1, -0.05) is 22.0 Å². The first-order valence-corrected chi connectivity index (χ1v) is 10.4. The zero-order chi connectivity index (χ0) is 21.4. The average molecular weight is 480 g/mol. The molecule has 0 aliphatic carbocycles. The smallest absolute Gasteiger partial charge is 0.238 e. The topological polar surface area (TPSA) is 91.2 Å². The molecule has 31 heavy (non-hydrogen) atoms. The lowest BCUT2D eigenvalue weighted by atomic mass is 9.94. The van der Waals surface area contributed by atoms with Gasteiger partial charge in [0.25, 0.3) is 0 Å². The van der Waals surface area contributed by atoms with Gasteiger partial charge in [0.2, 0.25) is 5.91 Å². The molecule has 1 atom stereocenters. The number of methoxy groups -OCH3 is 1. The zero-order valence-electron chi connectivity index (χ0n) is 16.6. The van der Waals surface area contributed by atoms with E-state index < -0.39 is 5.92 Å². The molecule has 2 aromatic heterocycles.